The van der Waals surface area contributed by atoms with Crippen LogP contribution in [0.3, 0.4) is 0 Å². The second-order valence-electron chi connectivity index (χ2n) is 5.83. The summed E-state index contributed by atoms with van der Waals surface area (Å²) in [4.78, 5) is 17.6. The Labute approximate surface area is 155 Å². The van der Waals surface area contributed by atoms with Gasteiger partial charge >= 0.3 is 0 Å². The van der Waals surface area contributed by atoms with E-state index in [-0.39, 0.29) is 29.2 Å². The topological polar surface area (TPSA) is 109 Å². The summed E-state index contributed by atoms with van der Waals surface area (Å²) in [6.45, 7) is 0. The molecule has 0 N–H and O–H groups in total. The summed E-state index contributed by atoms with van der Waals surface area (Å²) < 4.78 is 34.8. The van der Waals surface area contributed by atoms with Gasteiger partial charge in [0.2, 0.25) is 0 Å². The SMILES string of the molecule is COc1ccc(OC)c(N2C(=NC(=O)CC#N)S[C@H]3CS(=O)(=O)C[C@H]32)c1. The van der Waals surface area contributed by atoms with Gasteiger partial charge in [-0.1, -0.05) is 11.8 Å². The minimum absolute atomic E-state index is 0.0244. The number of hydrogen-bond donors (Lipinski definition) is 0. The molecule has 0 saturated carbocycles. The number of nitriles is 1. The standard InChI is InChI=1S/C16H17N3O5S2/c1-23-10-3-4-13(24-2)11(7-10)19-12-8-26(21,22)9-14(12)25-16(19)18-15(20)5-6-17/h3-4,7,12,14H,5,8-9H2,1-2H3/t12-,14+/m1/s1. The summed E-state index contributed by atoms with van der Waals surface area (Å²) in [6, 6.07) is 6.57. The zero-order chi connectivity index (χ0) is 18.9. The number of aliphatic imine (C=N–C) groups is 1. The van der Waals surface area contributed by atoms with Crippen molar-refractivity contribution < 1.29 is 22.7 Å². The van der Waals surface area contributed by atoms with Crippen LogP contribution >= 0.6 is 11.8 Å². The van der Waals surface area contributed by atoms with E-state index in [1.54, 1.807) is 29.2 Å². The lowest BCUT2D eigenvalue weighted by Crippen LogP contribution is -2.38. The lowest BCUT2D eigenvalue weighted by atomic mass is 10.2. The van der Waals surface area contributed by atoms with E-state index in [2.05, 4.69) is 4.99 Å². The molecule has 1 aromatic carbocycles. The third-order valence-electron chi connectivity index (χ3n) is 4.16. The molecule has 0 spiro atoms. The Morgan fingerprint density at radius 3 is 2.81 bits per heavy atom. The number of thioether (sulfide) groups is 1. The van der Waals surface area contributed by atoms with Crippen LogP contribution in [0.4, 0.5) is 5.69 Å². The number of carbonyl (C=O) groups excluding carboxylic acids is 1. The number of amides is 1. The van der Waals surface area contributed by atoms with Crippen LogP contribution < -0.4 is 14.4 Å². The molecule has 2 saturated heterocycles. The first-order valence-electron chi connectivity index (χ1n) is 7.75. The Morgan fingerprint density at radius 2 is 2.15 bits per heavy atom. The first-order valence-corrected chi connectivity index (χ1v) is 10.5. The van der Waals surface area contributed by atoms with Gasteiger partial charge in [0.1, 0.15) is 17.9 Å². The number of ether oxygens (including phenoxy) is 2. The predicted octanol–water partition coefficient (Wildman–Crippen LogP) is 1.22. The lowest BCUT2D eigenvalue weighted by molar-refractivity contribution is -0.116. The van der Waals surface area contributed by atoms with Crippen molar-refractivity contribution in [2.24, 2.45) is 4.99 Å². The molecule has 2 heterocycles. The van der Waals surface area contributed by atoms with Gasteiger partial charge in [0, 0.05) is 11.3 Å². The van der Waals surface area contributed by atoms with Gasteiger partial charge in [-0.05, 0) is 12.1 Å². The van der Waals surface area contributed by atoms with Crippen LogP contribution in [0, 0.1) is 11.3 Å². The minimum atomic E-state index is -3.17. The van der Waals surface area contributed by atoms with E-state index >= 15 is 0 Å². The molecule has 0 aliphatic carbocycles. The third-order valence-corrected chi connectivity index (χ3v) is 7.37. The van der Waals surface area contributed by atoms with Crippen molar-refractivity contribution in [3.05, 3.63) is 18.2 Å². The smallest absolute Gasteiger partial charge is 0.262 e. The fraction of sp³-hybridized carbons (Fsp3) is 0.438. The first-order chi connectivity index (χ1) is 12.4. The van der Waals surface area contributed by atoms with Crippen LogP contribution in [0.2, 0.25) is 0 Å². The van der Waals surface area contributed by atoms with Gasteiger partial charge in [0.05, 0.1) is 43.5 Å². The number of rotatable bonds is 4. The zero-order valence-corrected chi connectivity index (χ0v) is 15.8. The molecule has 2 aliphatic heterocycles. The number of carbonyl (C=O) groups is 1. The zero-order valence-electron chi connectivity index (χ0n) is 14.2. The van der Waals surface area contributed by atoms with Crippen LogP contribution in [0.1, 0.15) is 6.42 Å². The summed E-state index contributed by atoms with van der Waals surface area (Å²) in [7, 11) is -0.135. The highest BCUT2D eigenvalue weighted by Gasteiger charge is 2.50. The Hall–Kier alpha value is -2.25. The monoisotopic (exact) mass is 395 g/mol. The molecular formula is C16H17N3O5S2. The summed E-state index contributed by atoms with van der Waals surface area (Å²) in [5.74, 6) is 0.506. The molecular weight excluding hydrogens is 378 g/mol. The normalized spacial score (nSPS) is 25.0. The molecule has 2 fully saturated rings. The predicted molar refractivity (Wildman–Crippen MR) is 98.5 cm³/mol. The molecule has 8 nitrogen and oxygen atoms in total. The summed E-state index contributed by atoms with van der Waals surface area (Å²) >= 11 is 1.24. The fourth-order valence-electron chi connectivity index (χ4n) is 3.05. The van der Waals surface area contributed by atoms with Crippen LogP contribution in [0.15, 0.2) is 23.2 Å². The van der Waals surface area contributed by atoms with E-state index in [4.69, 9.17) is 14.7 Å². The van der Waals surface area contributed by atoms with E-state index in [0.717, 1.165) is 0 Å². The molecule has 26 heavy (non-hydrogen) atoms. The van der Waals surface area contributed by atoms with Gasteiger partial charge in [0.25, 0.3) is 5.91 Å². The Kier molecular flexibility index (Phi) is 5.11. The maximum Gasteiger partial charge on any atom is 0.262 e. The first kappa shape index (κ1) is 18.5. The lowest BCUT2D eigenvalue weighted by Gasteiger charge is -2.26. The Bertz CT molecular complexity index is 907. The van der Waals surface area contributed by atoms with E-state index in [1.807, 2.05) is 0 Å². The maximum atomic E-state index is 12.1. The van der Waals surface area contributed by atoms with Crippen molar-refractivity contribution in [3.63, 3.8) is 0 Å². The summed E-state index contributed by atoms with van der Waals surface area (Å²) in [5, 5.41) is 8.84. The van der Waals surface area contributed by atoms with E-state index in [1.165, 1.54) is 26.0 Å². The Balaban J connectivity index is 2.09. The fourth-order valence-corrected chi connectivity index (χ4v) is 6.97. The number of benzene rings is 1. The quantitative estimate of drug-likeness (QED) is 0.749. The molecule has 10 heteroatoms. The summed E-state index contributed by atoms with van der Waals surface area (Å²) in [6.07, 6.45) is -0.333. The van der Waals surface area contributed by atoms with Crippen molar-refractivity contribution >= 4 is 38.4 Å². The largest absolute Gasteiger partial charge is 0.497 e. The number of anilines is 1. The molecule has 3 rings (SSSR count). The van der Waals surface area contributed by atoms with Crippen molar-refractivity contribution in [1.82, 2.24) is 0 Å². The van der Waals surface area contributed by atoms with Crippen LogP contribution in [0.5, 0.6) is 11.5 Å². The van der Waals surface area contributed by atoms with Crippen LogP contribution in [-0.4, -0.2) is 56.5 Å². The number of fused-ring (bicyclic) bond motifs is 1. The molecule has 2 aliphatic rings. The molecule has 0 bridgehead atoms. The average molecular weight is 395 g/mol. The van der Waals surface area contributed by atoms with Gasteiger partial charge < -0.3 is 14.4 Å². The van der Waals surface area contributed by atoms with Gasteiger partial charge in [-0.25, -0.2) is 8.42 Å². The highest BCUT2D eigenvalue weighted by atomic mass is 32.2. The number of methoxy groups -OCH3 is 2. The maximum absolute atomic E-state index is 12.1. The van der Waals surface area contributed by atoms with Crippen molar-refractivity contribution in [2.45, 2.75) is 17.7 Å². The molecule has 1 amide bonds. The number of amidine groups is 1. The minimum Gasteiger partial charge on any atom is -0.497 e. The van der Waals surface area contributed by atoms with E-state index < -0.39 is 15.7 Å². The number of hydrogen-bond acceptors (Lipinski definition) is 7. The van der Waals surface area contributed by atoms with E-state index in [0.29, 0.717) is 22.4 Å². The number of nitrogens with zero attached hydrogens (tertiary/aromatic N) is 3. The van der Waals surface area contributed by atoms with Crippen LogP contribution in [-0.2, 0) is 14.6 Å². The van der Waals surface area contributed by atoms with Crippen LogP contribution in [0.25, 0.3) is 0 Å². The molecule has 2 atom stereocenters. The second kappa shape index (κ2) is 7.17. The average Bonchev–Trinajstić information content (AvgIpc) is 3.05. The van der Waals surface area contributed by atoms with Crippen molar-refractivity contribution in [3.8, 4) is 17.6 Å². The van der Waals surface area contributed by atoms with E-state index in [9.17, 15) is 13.2 Å². The van der Waals surface area contributed by atoms with Gasteiger partial charge in [-0.3, -0.25) is 4.79 Å². The molecule has 1 aromatic rings. The van der Waals surface area contributed by atoms with Gasteiger partial charge in [-0.15, -0.1) is 0 Å². The van der Waals surface area contributed by atoms with Gasteiger partial charge in [0.15, 0.2) is 15.0 Å². The van der Waals surface area contributed by atoms with Crippen molar-refractivity contribution in [2.75, 3.05) is 30.6 Å². The second-order valence-corrected chi connectivity index (χ2v) is 9.19. The third kappa shape index (κ3) is 3.50. The molecule has 0 aromatic heterocycles. The highest BCUT2D eigenvalue weighted by molar-refractivity contribution is 8.16. The number of sulfone groups is 1. The highest BCUT2D eigenvalue weighted by Crippen LogP contribution is 2.44. The molecule has 0 radical (unpaired) electrons. The molecule has 0 unspecified atom stereocenters. The van der Waals surface area contributed by atoms with Gasteiger partial charge in [-0.2, -0.15) is 10.3 Å². The Morgan fingerprint density at radius 1 is 1.38 bits per heavy atom. The summed E-state index contributed by atoms with van der Waals surface area (Å²) in [5.41, 5.74) is 0.576. The van der Waals surface area contributed by atoms with Crippen molar-refractivity contribution in [1.29, 1.82) is 5.26 Å². The molecule has 138 valence electrons.